The topological polar surface area (TPSA) is 76.9 Å². The van der Waals surface area contributed by atoms with Crippen LogP contribution < -0.4 is 5.56 Å². The maximum atomic E-state index is 12.3. The van der Waals surface area contributed by atoms with E-state index < -0.39 is 0 Å². The largest absolute Gasteiger partial charge is 0.507 e. The summed E-state index contributed by atoms with van der Waals surface area (Å²) in [5.41, 5.74) is 1.73. The quantitative estimate of drug-likeness (QED) is 0.818. The van der Waals surface area contributed by atoms with E-state index in [2.05, 4.69) is 27.0 Å². The molecule has 0 atom stereocenters. The van der Waals surface area contributed by atoms with Crippen molar-refractivity contribution in [2.75, 3.05) is 0 Å². The lowest BCUT2D eigenvalue weighted by Gasteiger charge is -2.23. The van der Waals surface area contributed by atoms with Gasteiger partial charge in [0, 0.05) is 10.0 Å². The van der Waals surface area contributed by atoms with Crippen molar-refractivity contribution in [1.29, 1.82) is 5.26 Å². The molecule has 1 aliphatic carbocycles. The second-order valence-corrected chi connectivity index (χ2v) is 6.87. The van der Waals surface area contributed by atoms with E-state index in [4.69, 9.17) is 0 Å². The van der Waals surface area contributed by atoms with Crippen LogP contribution in [0.5, 0.6) is 5.75 Å². The Hall–Kier alpha value is -2.06. The molecule has 2 aromatic rings. The molecule has 0 spiro atoms. The highest BCUT2D eigenvalue weighted by Crippen LogP contribution is 2.36. The Morgan fingerprint density at radius 1 is 1.22 bits per heavy atom. The Morgan fingerprint density at radius 2 is 1.96 bits per heavy atom. The van der Waals surface area contributed by atoms with E-state index in [0.29, 0.717) is 11.3 Å². The van der Waals surface area contributed by atoms with Crippen LogP contribution in [0.25, 0.3) is 11.3 Å². The summed E-state index contributed by atoms with van der Waals surface area (Å²) in [5, 5.41) is 19.5. The third-order valence-electron chi connectivity index (χ3n) is 4.47. The van der Waals surface area contributed by atoms with E-state index in [9.17, 15) is 15.2 Å². The highest BCUT2D eigenvalue weighted by atomic mass is 79.9. The maximum absolute atomic E-state index is 12.3. The number of benzene rings is 1. The smallest absolute Gasteiger partial charge is 0.266 e. The Morgan fingerprint density at radius 3 is 2.65 bits per heavy atom. The molecular formula is C18H17BrN2O2. The van der Waals surface area contributed by atoms with Crippen molar-refractivity contribution in [3.05, 3.63) is 50.2 Å². The molecule has 1 fully saturated rings. The van der Waals surface area contributed by atoms with Crippen molar-refractivity contribution in [2.45, 2.75) is 38.0 Å². The van der Waals surface area contributed by atoms with Crippen LogP contribution in [0.1, 0.15) is 49.1 Å². The van der Waals surface area contributed by atoms with Crippen molar-refractivity contribution < 1.29 is 5.11 Å². The molecule has 0 saturated heterocycles. The number of aromatic hydroxyl groups is 1. The molecule has 2 N–H and O–H groups in total. The minimum Gasteiger partial charge on any atom is -0.507 e. The van der Waals surface area contributed by atoms with Crippen LogP contribution in [0.3, 0.4) is 0 Å². The normalized spacial score (nSPS) is 15.3. The van der Waals surface area contributed by atoms with Crippen LogP contribution in [0.2, 0.25) is 0 Å². The molecule has 118 valence electrons. The van der Waals surface area contributed by atoms with Gasteiger partial charge in [0.05, 0.1) is 5.69 Å². The van der Waals surface area contributed by atoms with Gasteiger partial charge in [-0.25, -0.2) is 0 Å². The van der Waals surface area contributed by atoms with E-state index in [1.54, 1.807) is 18.2 Å². The van der Waals surface area contributed by atoms with Gasteiger partial charge in [-0.05, 0) is 48.6 Å². The predicted molar refractivity (Wildman–Crippen MR) is 92.4 cm³/mol. The zero-order valence-electron chi connectivity index (χ0n) is 12.6. The van der Waals surface area contributed by atoms with Crippen molar-refractivity contribution in [3.63, 3.8) is 0 Å². The summed E-state index contributed by atoms with van der Waals surface area (Å²) < 4.78 is 0.815. The van der Waals surface area contributed by atoms with E-state index in [0.717, 1.165) is 35.7 Å². The molecule has 3 rings (SSSR count). The summed E-state index contributed by atoms with van der Waals surface area (Å²) in [6.45, 7) is 0. The molecule has 0 aliphatic heterocycles. The number of phenolic OH excluding ortho intramolecular Hbond substituents is 1. The van der Waals surface area contributed by atoms with Crippen LogP contribution in [-0.4, -0.2) is 10.1 Å². The molecule has 1 aromatic heterocycles. The van der Waals surface area contributed by atoms with Crippen molar-refractivity contribution >= 4 is 15.9 Å². The van der Waals surface area contributed by atoms with Crippen LogP contribution in [0.15, 0.2) is 33.5 Å². The number of aromatic amines is 1. The fraction of sp³-hybridized carbons (Fsp3) is 0.333. The summed E-state index contributed by atoms with van der Waals surface area (Å²) in [6, 6.07) is 8.99. The monoisotopic (exact) mass is 372 g/mol. The lowest BCUT2D eigenvalue weighted by molar-refractivity contribution is 0.442. The number of nitrogens with zero attached hydrogens (tertiary/aromatic N) is 1. The highest BCUT2D eigenvalue weighted by molar-refractivity contribution is 9.10. The number of halogens is 1. The summed E-state index contributed by atoms with van der Waals surface area (Å²) in [4.78, 5) is 15.1. The van der Waals surface area contributed by atoms with Gasteiger partial charge in [0.25, 0.3) is 5.56 Å². The molecule has 4 nitrogen and oxygen atoms in total. The summed E-state index contributed by atoms with van der Waals surface area (Å²) in [7, 11) is 0. The van der Waals surface area contributed by atoms with Gasteiger partial charge in [-0.2, -0.15) is 5.26 Å². The van der Waals surface area contributed by atoms with Gasteiger partial charge in [0.15, 0.2) is 0 Å². The number of pyridine rings is 1. The minimum absolute atomic E-state index is 0.100. The van der Waals surface area contributed by atoms with E-state index in [1.165, 1.54) is 6.42 Å². The number of H-pyrrole nitrogens is 1. The number of phenols is 1. The Labute approximate surface area is 142 Å². The molecule has 23 heavy (non-hydrogen) atoms. The number of hydrogen-bond acceptors (Lipinski definition) is 3. The second-order valence-electron chi connectivity index (χ2n) is 5.95. The molecule has 1 saturated carbocycles. The molecule has 1 aliphatic rings. The van der Waals surface area contributed by atoms with Crippen molar-refractivity contribution in [2.24, 2.45) is 0 Å². The zero-order chi connectivity index (χ0) is 16.4. The predicted octanol–water partition coefficient (Wildman–Crippen LogP) is 4.43. The van der Waals surface area contributed by atoms with Gasteiger partial charge in [-0.3, -0.25) is 4.79 Å². The molecule has 0 amide bonds. The third-order valence-corrected chi connectivity index (χ3v) is 4.96. The Balaban J connectivity index is 2.16. The summed E-state index contributed by atoms with van der Waals surface area (Å²) in [5.74, 6) is 0.344. The summed E-state index contributed by atoms with van der Waals surface area (Å²) >= 11 is 3.38. The van der Waals surface area contributed by atoms with Gasteiger partial charge in [0.2, 0.25) is 0 Å². The Bertz CT molecular complexity index is 830. The van der Waals surface area contributed by atoms with Crippen LogP contribution >= 0.6 is 15.9 Å². The number of nitrogens with one attached hydrogen (secondary N) is 1. The van der Waals surface area contributed by atoms with Crippen LogP contribution in [-0.2, 0) is 0 Å². The van der Waals surface area contributed by atoms with Crippen molar-refractivity contribution in [1.82, 2.24) is 4.98 Å². The average Bonchev–Trinajstić information content (AvgIpc) is 2.57. The molecular weight excluding hydrogens is 356 g/mol. The highest BCUT2D eigenvalue weighted by Gasteiger charge is 2.22. The van der Waals surface area contributed by atoms with Gasteiger partial charge in [0.1, 0.15) is 17.4 Å². The Kier molecular flexibility index (Phi) is 4.53. The number of rotatable bonds is 2. The van der Waals surface area contributed by atoms with E-state index in [-0.39, 0.29) is 22.8 Å². The number of aromatic nitrogens is 1. The number of hydrogen-bond donors (Lipinski definition) is 2. The first-order valence-electron chi connectivity index (χ1n) is 7.76. The minimum atomic E-state index is -0.384. The molecule has 5 heteroatoms. The molecule has 1 aromatic carbocycles. The molecule has 0 unspecified atom stereocenters. The molecule has 0 bridgehead atoms. The maximum Gasteiger partial charge on any atom is 0.266 e. The van der Waals surface area contributed by atoms with Crippen molar-refractivity contribution in [3.8, 4) is 23.1 Å². The fourth-order valence-electron chi connectivity index (χ4n) is 3.30. The first-order chi connectivity index (χ1) is 11.1. The molecule has 1 heterocycles. The SMILES string of the molecule is N#Cc1c(C2CCCCC2)cc(-c2cc(Br)ccc2O)[nH]c1=O. The summed E-state index contributed by atoms with van der Waals surface area (Å²) in [6.07, 6.45) is 5.46. The standard InChI is InChI=1S/C18H17BrN2O2/c19-12-6-7-17(22)14(8-12)16-9-13(11-4-2-1-3-5-11)15(10-20)18(23)21-16/h6-9,11,22H,1-5H2,(H,21,23). The lowest BCUT2D eigenvalue weighted by atomic mass is 9.82. The van der Waals surface area contributed by atoms with Gasteiger partial charge >= 0.3 is 0 Å². The molecule has 0 radical (unpaired) electrons. The average molecular weight is 373 g/mol. The van der Waals surface area contributed by atoms with Crippen LogP contribution in [0.4, 0.5) is 0 Å². The van der Waals surface area contributed by atoms with Gasteiger partial charge in [-0.1, -0.05) is 35.2 Å². The first kappa shape index (κ1) is 15.8. The third kappa shape index (κ3) is 3.18. The zero-order valence-corrected chi connectivity index (χ0v) is 14.2. The second kappa shape index (κ2) is 6.59. The number of nitriles is 1. The van der Waals surface area contributed by atoms with Gasteiger partial charge in [-0.15, -0.1) is 0 Å². The van der Waals surface area contributed by atoms with Crippen LogP contribution in [0, 0.1) is 11.3 Å². The van der Waals surface area contributed by atoms with E-state index >= 15 is 0 Å². The van der Waals surface area contributed by atoms with Gasteiger partial charge < -0.3 is 10.1 Å². The lowest BCUT2D eigenvalue weighted by Crippen LogP contribution is -2.17. The first-order valence-corrected chi connectivity index (χ1v) is 8.55. The fourth-order valence-corrected chi connectivity index (χ4v) is 3.66. The van der Waals surface area contributed by atoms with E-state index in [1.807, 2.05) is 6.07 Å².